The number of carbonyl (C=O) groups is 1. The van der Waals surface area contributed by atoms with Crippen LogP contribution in [0.5, 0.6) is 0 Å². The molecule has 0 radical (unpaired) electrons. The number of carbonyl (C=O) groups excluding carboxylic acids is 1. The Morgan fingerprint density at radius 1 is 1.54 bits per heavy atom. The maximum atomic E-state index is 11.2. The first-order chi connectivity index (χ1) is 6.29. The second-order valence-corrected chi connectivity index (χ2v) is 3.92. The first-order valence-electron chi connectivity index (χ1n) is 3.53. The molecule has 0 aromatic heterocycles. The molecule has 0 amide bonds. The van der Waals surface area contributed by atoms with Crippen molar-refractivity contribution in [1.82, 2.24) is 0 Å². The van der Waals surface area contributed by atoms with E-state index in [9.17, 15) is 4.79 Å². The zero-order valence-corrected chi connectivity index (χ0v) is 8.69. The van der Waals surface area contributed by atoms with Crippen LogP contribution >= 0.6 is 0 Å². The molecule has 13 heavy (non-hydrogen) atoms. The molecule has 0 unspecified atom stereocenters. The number of nitriles is 1. The minimum absolute atomic E-state index is 0.315. The van der Waals surface area contributed by atoms with E-state index in [-0.39, 0.29) is 20.9 Å². The van der Waals surface area contributed by atoms with Gasteiger partial charge in [0.2, 0.25) is 0 Å². The molecular weight excluding hydrogens is 233 g/mol. The Hall–Kier alpha value is -1.30. The number of ether oxygens (including phenoxy) is 1. The third-order valence-corrected chi connectivity index (χ3v) is 2.85. The second kappa shape index (κ2) is 4.66. The van der Waals surface area contributed by atoms with E-state index < -0.39 is 0 Å². The molecule has 0 N–H and O–H groups in total. The molecule has 0 saturated heterocycles. The third-order valence-electron chi connectivity index (χ3n) is 1.45. The van der Waals surface area contributed by atoms with Crippen LogP contribution in [0.1, 0.15) is 10.4 Å². The molecule has 0 fully saturated rings. The van der Waals surface area contributed by atoms with Crippen LogP contribution in [0.3, 0.4) is 0 Å². The molecule has 1 aromatic carbocycles. The van der Waals surface area contributed by atoms with E-state index in [4.69, 9.17) is 5.26 Å². The maximum absolute atomic E-state index is 11.2. The van der Waals surface area contributed by atoms with E-state index >= 15 is 0 Å². The van der Waals surface area contributed by atoms with Crippen LogP contribution in [0.15, 0.2) is 24.3 Å². The topological polar surface area (TPSA) is 50.1 Å². The SMILES string of the molecule is COC(=O)c1ccccc1[Se]C#N. The van der Waals surface area contributed by atoms with Gasteiger partial charge < -0.3 is 0 Å². The van der Waals surface area contributed by atoms with Crippen molar-refractivity contribution in [1.29, 1.82) is 5.26 Å². The predicted molar refractivity (Wildman–Crippen MR) is 48.8 cm³/mol. The standard InChI is InChI=1S/C9H7NO2Se/c1-12-9(11)7-4-2-3-5-8(7)13-6-10/h2-5H,1H3. The van der Waals surface area contributed by atoms with Gasteiger partial charge in [-0.05, 0) is 0 Å². The number of hydrogen-bond donors (Lipinski definition) is 0. The van der Waals surface area contributed by atoms with Crippen LogP contribution in [-0.2, 0) is 4.74 Å². The Kier molecular flexibility index (Phi) is 3.51. The minimum atomic E-state index is -0.382. The van der Waals surface area contributed by atoms with Crippen molar-refractivity contribution in [2.24, 2.45) is 0 Å². The molecule has 0 bridgehead atoms. The van der Waals surface area contributed by atoms with E-state index in [1.54, 1.807) is 24.3 Å². The van der Waals surface area contributed by atoms with Crippen LogP contribution in [0.4, 0.5) is 0 Å². The fraction of sp³-hybridized carbons (Fsp3) is 0.111. The summed E-state index contributed by atoms with van der Waals surface area (Å²) >= 11 is -0.315. The summed E-state index contributed by atoms with van der Waals surface area (Å²) in [5.41, 5.74) is 0.492. The normalized spacial score (nSPS) is 8.92. The van der Waals surface area contributed by atoms with Crippen molar-refractivity contribution in [2.45, 2.75) is 0 Å². The third kappa shape index (κ3) is 2.32. The van der Waals surface area contributed by atoms with Crippen LogP contribution in [-0.4, -0.2) is 28.0 Å². The van der Waals surface area contributed by atoms with Gasteiger partial charge in [-0.15, -0.1) is 0 Å². The first-order valence-corrected chi connectivity index (χ1v) is 5.24. The number of nitrogens with zero attached hydrogens (tertiary/aromatic N) is 1. The Labute approximate surface area is 82.5 Å². The number of hydrogen-bond acceptors (Lipinski definition) is 3. The molecule has 0 heterocycles. The summed E-state index contributed by atoms with van der Waals surface area (Å²) in [6, 6.07) is 7.00. The fourth-order valence-corrected chi connectivity index (χ4v) is 1.95. The summed E-state index contributed by atoms with van der Waals surface area (Å²) < 4.78 is 5.35. The van der Waals surface area contributed by atoms with Gasteiger partial charge >= 0.3 is 82.1 Å². The van der Waals surface area contributed by atoms with Crippen LogP contribution in [0.25, 0.3) is 0 Å². The summed E-state index contributed by atoms with van der Waals surface area (Å²) in [4.78, 5) is 13.2. The molecule has 1 aromatic rings. The van der Waals surface area contributed by atoms with Crippen molar-refractivity contribution in [3.05, 3.63) is 29.8 Å². The quantitative estimate of drug-likeness (QED) is 0.551. The molecule has 0 spiro atoms. The Morgan fingerprint density at radius 3 is 2.85 bits per heavy atom. The van der Waals surface area contributed by atoms with Crippen molar-refractivity contribution in [3.8, 4) is 4.97 Å². The van der Waals surface area contributed by atoms with Gasteiger partial charge in [0.15, 0.2) is 0 Å². The predicted octanol–water partition coefficient (Wildman–Crippen LogP) is 0.284. The summed E-state index contributed by atoms with van der Waals surface area (Å²) in [6.07, 6.45) is 0. The summed E-state index contributed by atoms with van der Waals surface area (Å²) in [5, 5.41) is 8.52. The average molecular weight is 240 g/mol. The molecule has 0 atom stereocenters. The first kappa shape index (κ1) is 9.78. The molecule has 66 valence electrons. The monoisotopic (exact) mass is 241 g/mol. The van der Waals surface area contributed by atoms with Crippen molar-refractivity contribution < 1.29 is 9.53 Å². The van der Waals surface area contributed by atoms with Gasteiger partial charge in [0.1, 0.15) is 0 Å². The van der Waals surface area contributed by atoms with E-state index in [1.807, 2.05) is 0 Å². The Morgan fingerprint density at radius 2 is 2.23 bits per heavy atom. The van der Waals surface area contributed by atoms with Gasteiger partial charge in [-0.3, -0.25) is 0 Å². The van der Waals surface area contributed by atoms with E-state index in [2.05, 4.69) is 9.70 Å². The molecule has 0 aliphatic carbocycles. The van der Waals surface area contributed by atoms with Gasteiger partial charge in [0.05, 0.1) is 0 Å². The Balaban J connectivity index is 3.05. The van der Waals surface area contributed by atoms with E-state index in [0.717, 1.165) is 4.46 Å². The molecule has 0 aliphatic heterocycles. The molecule has 4 heteroatoms. The van der Waals surface area contributed by atoms with Crippen LogP contribution in [0.2, 0.25) is 0 Å². The van der Waals surface area contributed by atoms with Gasteiger partial charge in [0.25, 0.3) is 0 Å². The van der Waals surface area contributed by atoms with E-state index in [1.165, 1.54) is 7.11 Å². The fourth-order valence-electron chi connectivity index (χ4n) is 0.883. The Bertz CT molecular complexity index is 357. The summed E-state index contributed by atoms with van der Waals surface area (Å²) in [6.45, 7) is 0. The van der Waals surface area contributed by atoms with Gasteiger partial charge in [0, 0.05) is 0 Å². The van der Waals surface area contributed by atoms with Crippen molar-refractivity contribution in [3.63, 3.8) is 0 Å². The van der Waals surface area contributed by atoms with Crippen LogP contribution in [0, 0.1) is 10.2 Å². The van der Waals surface area contributed by atoms with Gasteiger partial charge in [-0.1, -0.05) is 0 Å². The zero-order chi connectivity index (χ0) is 9.68. The number of methoxy groups -OCH3 is 1. The summed E-state index contributed by atoms with van der Waals surface area (Å²) in [5.74, 6) is -0.382. The molecule has 1 rings (SSSR count). The second-order valence-electron chi connectivity index (χ2n) is 2.18. The number of rotatable bonds is 2. The number of esters is 1. The summed E-state index contributed by atoms with van der Waals surface area (Å²) in [7, 11) is 1.33. The zero-order valence-electron chi connectivity index (χ0n) is 6.98. The molecule has 3 nitrogen and oxygen atoms in total. The van der Waals surface area contributed by atoms with Gasteiger partial charge in [-0.25, -0.2) is 0 Å². The van der Waals surface area contributed by atoms with Crippen molar-refractivity contribution >= 4 is 25.4 Å². The van der Waals surface area contributed by atoms with E-state index in [0.29, 0.717) is 5.56 Å². The molecule has 0 saturated carbocycles. The molecule has 0 aliphatic rings. The van der Waals surface area contributed by atoms with Crippen molar-refractivity contribution in [2.75, 3.05) is 7.11 Å². The number of benzene rings is 1. The van der Waals surface area contributed by atoms with Crippen LogP contribution < -0.4 is 4.46 Å². The van der Waals surface area contributed by atoms with Gasteiger partial charge in [-0.2, -0.15) is 0 Å². The average Bonchev–Trinajstić information content (AvgIpc) is 2.18. The molecular formula is C9H7NO2Se.